The maximum absolute atomic E-state index is 12.6. The number of nitrogens with zero attached hydrogens (tertiary/aromatic N) is 1. The van der Waals surface area contributed by atoms with Gasteiger partial charge in [-0.2, -0.15) is 0 Å². The Morgan fingerprint density at radius 3 is 2.56 bits per heavy atom. The first kappa shape index (κ1) is 22.4. The van der Waals surface area contributed by atoms with E-state index in [-0.39, 0.29) is 17.8 Å². The highest BCUT2D eigenvalue weighted by Gasteiger charge is 2.14. The standard InChI is InChI=1S/C23H23N3O6/c1-14-5-3-4-6-18(14)32-19-9-7-15(8-10-20(28)29)13-16(19)24-23(31)25-21-17(27)11-12-26(2)22(21)30/h3-7,9,11-13,27H,8,10H2,1-2H3,(H,28,29)(H2,24,25,31). The highest BCUT2D eigenvalue weighted by molar-refractivity contribution is 6.01. The van der Waals surface area contributed by atoms with Gasteiger partial charge in [0.05, 0.1) is 5.69 Å². The minimum Gasteiger partial charge on any atom is -0.871 e. The molecule has 166 valence electrons. The number of pyridine rings is 1. The summed E-state index contributed by atoms with van der Waals surface area (Å²) in [5.74, 6) is -0.384. The van der Waals surface area contributed by atoms with Gasteiger partial charge in [0.25, 0.3) is 5.56 Å². The smallest absolute Gasteiger partial charge is 0.516 e. The lowest BCUT2D eigenvalue weighted by molar-refractivity contribution is -0.267. The van der Waals surface area contributed by atoms with Gasteiger partial charge in [-0.05, 0) is 42.7 Å². The van der Waals surface area contributed by atoms with Crippen molar-refractivity contribution in [2.45, 2.75) is 19.8 Å². The predicted octanol–water partition coefficient (Wildman–Crippen LogP) is 2.39. The van der Waals surface area contributed by atoms with Crippen LogP contribution < -0.4 is 26.0 Å². The Morgan fingerprint density at radius 2 is 1.84 bits per heavy atom. The normalized spacial score (nSPS) is 10.4. The van der Waals surface area contributed by atoms with Crippen LogP contribution in [0.25, 0.3) is 0 Å². The molecule has 4 N–H and O–H groups in total. The van der Waals surface area contributed by atoms with E-state index in [1.54, 1.807) is 24.3 Å². The Labute approximate surface area is 183 Å². The molecule has 1 aromatic heterocycles. The van der Waals surface area contributed by atoms with Crippen molar-refractivity contribution in [3.63, 3.8) is 0 Å². The first-order chi connectivity index (χ1) is 15.2. The molecule has 0 bridgehead atoms. The van der Waals surface area contributed by atoms with Crippen LogP contribution in [-0.2, 0) is 18.3 Å². The minimum absolute atomic E-state index is 0.0310. The van der Waals surface area contributed by atoms with Crippen LogP contribution >= 0.6 is 0 Å². The van der Waals surface area contributed by atoms with E-state index in [0.717, 1.165) is 5.56 Å². The van der Waals surface area contributed by atoms with Gasteiger partial charge in [-0.25, -0.2) is 4.79 Å². The van der Waals surface area contributed by atoms with Gasteiger partial charge in [0.1, 0.15) is 17.9 Å². The number of anilines is 2. The lowest BCUT2D eigenvalue weighted by atomic mass is 10.1. The van der Waals surface area contributed by atoms with E-state index < -0.39 is 23.3 Å². The molecule has 0 fully saturated rings. The van der Waals surface area contributed by atoms with Gasteiger partial charge in [0.2, 0.25) is 0 Å². The Morgan fingerprint density at radius 1 is 1.09 bits per heavy atom. The lowest BCUT2D eigenvalue weighted by Crippen LogP contribution is -2.28. The first-order valence-electron chi connectivity index (χ1n) is 9.80. The number of amides is 2. The molecule has 0 aliphatic rings. The van der Waals surface area contributed by atoms with Crippen molar-refractivity contribution < 1.29 is 24.5 Å². The second-order valence-corrected chi connectivity index (χ2v) is 7.17. The van der Waals surface area contributed by atoms with Crippen LogP contribution in [0, 0.1) is 6.92 Å². The molecule has 0 unspecified atom stereocenters. The van der Waals surface area contributed by atoms with E-state index in [4.69, 9.17) is 9.84 Å². The molecule has 32 heavy (non-hydrogen) atoms. The van der Waals surface area contributed by atoms with E-state index in [2.05, 4.69) is 10.6 Å². The molecule has 0 saturated carbocycles. The number of aryl methyl sites for hydroxylation is 3. The van der Waals surface area contributed by atoms with Crippen molar-refractivity contribution >= 4 is 23.4 Å². The summed E-state index contributed by atoms with van der Waals surface area (Å²) in [4.78, 5) is 35.8. The fourth-order valence-electron chi connectivity index (χ4n) is 2.96. The number of hydrogen-bond donors (Lipinski definition) is 2. The molecule has 0 atom stereocenters. The average Bonchev–Trinajstić information content (AvgIpc) is 2.75. The number of rotatable bonds is 7. The Kier molecular flexibility index (Phi) is 6.79. The van der Waals surface area contributed by atoms with Crippen LogP contribution in [0.1, 0.15) is 17.5 Å². The summed E-state index contributed by atoms with van der Waals surface area (Å²) in [5.41, 5.74) is 0.867. The molecule has 0 aliphatic carbocycles. The van der Waals surface area contributed by atoms with Crippen molar-refractivity contribution in [1.82, 2.24) is 4.57 Å². The van der Waals surface area contributed by atoms with E-state index in [1.165, 1.54) is 23.9 Å². The molecule has 2 amide bonds. The predicted molar refractivity (Wildman–Crippen MR) is 118 cm³/mol. The molecule has 9 heteroatoms. The summed E-state index contributed by atoms with van der Waals surface area (Å²) in [5, 5.41) is 24.0. The van der Waals surface area contributed by atoms with Gasteiger partial charge >= 0.3 is 12.0 Å². The number of hydrogen-bond acceptors (Lipinski definition) is 5. The number of ether oxygens (including phenoxy) is 1. The summed E-state index contributed by atoms with van der Waals surface area (Å²) in [6, 6.07) is 12.7. The first-order valence-corrected chi connectivity index (χ1v) is 9.80. The molecule has 9 nitrogen and oxygen atoms in total. The van der Waals surface area contributed by atoms with Crippen LogP contribution in [0.2, 0.25) is 0 Å². The average molecular weight is 437 g/mol. The quantitative estimate of drug-likeness (QED) is 0.547. The zero-order chi connectivity index (χ0) is 23.3. The number of benzene rings is 2. The zero-order valence-electron chi connectivity index (χ0n) is 17.6. The third-order valence-electron chi connectivity index (χ3n) is 4.72. The maximum atomic E-state index is 12.6. The zero-order valence-corrected chi connectivity index (χ0v) is 17.6. The highest BCUT2D eigenvalue weighted by atomic mass is 16.5. The highest BCUT2D eigenvalue weighted by Crippen LogP contribution is 2.32. The van der Waals surface area contributed by atoms with Crippen molar-refractivity contribution in [2.24, 2.45) is 7.05 Å². The van der Waals surface area contributed by atoms with Gasteiger partial charge in [-0.3, -0.25) is 4.79 Å². The number of carbonyl (C=O) groups is 2. The molecular weight excluding hydrogens is 414 g/mol. The Hall–Kier alpha value is -4.27. The topological polar surface area (TPSA) is 135 Å². The molecule has 1 heterocycles. The molecule has 0 saturated heterocycles. The number of para-hydroxylation sites is 1. The number of nitrogens with one attached hydrogen (secondary N) is 2. The van der Waals surface area contributed by atoms with Crippen LogP contribution in [0.5, 0.6) is 17.2 Å². The maximum Gasteiger partial charge on any atom is 0.516 e. The summed E-state index contributed by atoms with van der Waals surface area (Å²) in [6.45, 7) is 1.88. The van der Waals surface area contributed by atoms with Crippen molar-refractivity contribution in [3.8, 4) is 17.2 Å². The second kappa shape index (κ2) is 9.69. The van der Waals surface area contributed by atoms with Gasteiger partial charge in [0, 0.05) is 18.0 Å². The van der Waals surface area contributed by atoms with Crippen molar-refractivity contribution in [1.29, 1.82) is 0 Å². The van der Waals surface area contributed by atoms with Crippen molar-refractivity contribution in [3.05, 3.63) is 76.2 Å². The monoisotopic (exact) mass is 437 g/mol. The van der Waals surface area contributed by atoms with E-state index in [0.29, 0.717) is 23.5 Å². The fourth-order valence-corrected chi connectivity index (χ4v) is 2.96. The molecule has 0 aliphatic heterocycles. The largest absolute Gasteiger partial charge is 0.871 e. The Bertz CT molecular complexity index is 1220. The second-order valence-electron chi connectivity index (χ2n) is 7.17. The third-order valence-corrected chi connectivity index (χ3v) is 4.72. The summed E-state index contributed by atoms with van der Waals surface area (Å²) < 4.78 is 7.15. The molecule has 3 aromatic rings. The van der Waals surface area contributed by atoms with Gasteiger partial charge < -0.3 is 30.2 Å². The van der Waals surface area contributed by atoms with Crippen LogP contribution in [-0.4, -0.2) is 21.7 Å². The van der Waals surface area contributed by atoms with E-state index in [9.17, 15) is 19.5 Å². The number of urea groups is 1. The van der Waals surface area contributed by atoms with Gasteiger partial charge in [0.15, 0.2) is 5.75 Å². The van der Waals surface area contributed by atoms with Crippen LogP contribution in [0.15, 0.2) is 59.5 Å². The Balaban J connectivity index is 1.89. The van der Waals surface area contributed by atoms with Crippen molar-refractivity contribution in [2.75, 3.05) is 10.6 Å². The molecular formula is C23H23N3O6. The molecule has 0 radical (unpaired) electrons. The molecule has 3 rings (SSSR count). The molecule has 0 spiro atoms. The van der Waals surface area contributed by atoms with E-state index in [1.807, 2.05) is 25.1 Å². The SMILES string of the molecule is Cc1ccccc1Oc1ccc(CCC(=O)[OH2+])cc1NC(=O)Nc1c([O-])ccn(C)c1=O. The molecule has 2 aromatic carbocycles. The summed E-state index contributed by atoms with van der Waals surface area (Å²) in [6.07, 6.45) is 1.66. The number of aromatic nitrogens is 1. The van der Waals surface area contributed by atoms with Crippen LogP contribution in [0.4, 0.5) is 16.2 Å². The number of carbonyl (C=O) groups excluding carboxylic acids is 2. The van der Waals surface area contributed by atoms with Gasteiger partial charge in [-0.1, -0.05) is 36.1 Å². The summed E-state index contributed by atoms with van der Waals surface area (Å²) in [7, 11) is 1.47. The third kappa shape index (κ3) is 5.45. The lowest BCUT2D eigenvalue weighted by Gasteiger charge is -2.17. The van der Waals surface area contributed by atoms with E-state index >= 15 is 0 Å². The fraction of sp³-hybridized carbons (Fsp3) is 0.174. The van der Waals surface area contributed by atoms with Gasteiger partial charge in [-0.15, -0.1) is 0 Å². The minimum atomic E-state index is -0.797. The summed E-state index contributed by atoms with van der Waals surface area (Å²) >= 11 is 0. The van der Waals surface area contributed by atoms with Crippen LogP contribution in [0.3, 0.4) is 0 Å².